The fourth-order valence-corrected chi connectivity index (χ4v) is 3.38. The van der Waals surface area contributed by atoms with Gasteiger partial charge in [0.05, 0.1) is 0 Å². The summed E-state index contributed by atoms with van der Waals surface area (Å²) in [5, 5.41) is 7.75. The van der Waals surface area contributed by atoms with E-state index in [1.54, 1.807) is 6.08 Å². The van der Waals surface area contributed by atoms with Crippen LogP contribution < -0.4 is 0 Å². The van der Waals surface area contributed by atoms with Crippen LogP contribution in [-0.2, 0) is 14.9 Å². The molecule has 142 valence electrons. The third-order valence-corrected chi connectivity index (χ3v) is 5.24. The Bertz CT molecular complexity index is 442. The van der Waals surface area contributed by atoms with E-state index in [1.807, 2.05) is 6.08 Å². The zero-order valence-corrected chi connectivity index (χ0v) is 15.8. The molecule has 0 amide bonds. The second-order valence-electron chi connectivity index (χ2n) is 6.38. The average Bonchev–Trinajstić information content (AvgIpc) is 2.49. The number of hydrogen-bond donors (Lipinski definition) is 2. The van der Waals surface area contributed by atoms with Crippen molar-refractivity contribution in [1.29, 1.82) is 0 Å². The molecule has 0 spiro atoms. The summed E-state index contributed by atoms with van der Waals surface area (Å²) in [7, 11) is -4.01. The van der Waals surface area contributed by atoms with E-state index in [0.29, 0.717) is 12.8 Å². The summed E-state index contributed by atoms with van der Waals surface area (Å²) in [5.41, 5.74) is 0. The van der Waals surface area contributed by atoms with E-state index in [9.17, 15) is 17.8 Å². The van der Waals surface area contributed by atoms with Crippen LogP contribution in [0.1, 0.15) is 90.4 Å². The molecule has 0 bridgehead atoms. The summed E-state index contributed by atoms with van der Waals surface area (Å²) < 4.78 is 32.1. The first-order chi connectivity index (χ1) is 11.4. The van der Waals surface area contributed by atoms with Gasteiger partial charge in [0.2, 0.25) is 0 Å². The predicted octanol–water partition coefficient (Wildman–Crippen LogP) is 4.97. The molecule has 1 atom stereocenters. The Labute approximate surface area is 147 Å². The Hall–Kier alpha value is -0.880. The maximum absolute atomic E-state index is 11.4. The minimum atomic E-state index is -4.01. The summed E-state index contributed by atoms with van der Waals surface area (Å²) in [6.45, 7) is 2.13. The number of allylic oxidation sites excluding steroid dienone is 1. The molecule has 0 aliphatic rings. The first-order valence-electron chi connectivity index (χ1n) is 9.22. The summed E-state index contributed by atoms with van der Waals surface area (Å²) in [6.07, 6.45) is 14.8. The van der Waals surface area contributed by atoms with E-state index in [-0.39, 0.29) is 6.42 Å². The maximum Gasteiger partial charge on any atom is 0.303 e. The summed E-state index contributed by atoms with van der Waals surface area (Å²) in [6, 6.07) is 0. The van der Waals surface area contributed by atoms with Crippen molar-refractivity contribution in [2.45, 2.75) is 95.6 Å². The third kappa shape index (κ3) is 14.7. The monoisotopic (exact) mass is 362 g/mol. The fourth-order valence-electron chi connectivity index (χ4n) is 2.61. The minimum absolute atomic E-state index is 0.230. The Morgan fingerprint density at radius 1 is 0.958 bits per heavy atom. The first-order valence-corrected chi connectivity index (χ1v) is 10.7. The number of carboxylic acid groups (broad SMARTS) is 1. The number of carboxylic acids is 1. The molecule has 0 heterocycles. The number of hydrogen-bond acceptors (Lipinski definition) is 3. The van der Waals surface area contributed by atoms with Gasteiger partial charge in [0.1, 0.15) is 5.25 Å². The quantitative estimate of drug-likeness (QED) is 0.230. The highest BCUT2D eigenvalue weighted by Crippen LogP contribution is 2.14. The van der Waals surface area contributed by atoms with Crippen molar-refractivity contribution in [2.24, 2.45) is 0 Å². The second-order valence-corrected chi connectivity index (χ2v) is 8.02. The van der Waals surface area contributed by atoms with Crippen molar-refractivity contribution in [3.05, 3.63) is 12.2 Å². The van der Waals surface area contributed by atoms with E-state index >= 15 is 0 Å². The van der Waals surface area contributed by atoms with Gasteiger partial charge in [0, 0.05) is 6.42 Å². The highest BCUT2D eigenvalue weighted by atomic mass is 32.2. The van der Waals surface area contributed by atoms with E-state index < -0.39 is 21.3 Å². The largest absolute Gasteiger partial charge is 0.481 e. The van der Waals surface area contributed by atoms with Crippen molar-refractivity contribution in [3.8, 4) is 0 Å². The Morgan fingerprint density at radius 2 is 1.54 bits per heavy atom. The third-order valence-electron chi connectivity index (χ3n) is 4.09. The predicted molar refractivity (Wildman–Crippen MR) is 97.8 cm³/mol. The molecule has 24 heavy (non-hydrogen) atoms. The van der Waals surface area contributed by atoms with Crippen molar-refractivity contribution in [2.75, 3.05) is 0 Å². The van der Waals surface area contributed by atoms with Crippen LogP contribution in [0.4, 0.5) is 0 Å². The standard InChI is InChI=1S/C18H34O5S/c1-2-3-4-8-11-14-17(24(21,22)23)15-12-9-6-5-7-10-13-16-18(19)20/h12,15,17H,2-11,13-14,16H2,1H3,(H,19,20)(H,21,22,23). The van der Waals surface area contributed by atoms with Gasteiger partial charge in [-0.2, -0.15) is 8.42 Å². The van der Waals surface area contributed by atoms with E-state index in [2.05, 4.69) is 6.92 Å². The highest BCUT2D eigenvalue weighted by molar-refractivity contribution is 7.86. The van der Waals surface area contributed by atoms with Gasteiger partial charge in [-0.15, -0.1) is 0 Å². The van der Waals surface area contributed by atoms with Crippen molar-refractivity contribution < 1.29 is 22.9 Å². The van der Waals surface area contributed by atoms with Crippen molar-refractivity contribution in [1.82, 2.24) is 0 Å². The van der Waals surface area contributed by atoms with Gasteiger partial charge in [0.15, 0.2) is 0 Å². The normalized spacial score (nSPS) is 13.4. The number of aliphatic carboxylic acids is 1. The Morgan fingerprint density at radius 3 is 2.17 bits per heavy atom. The van der Waals surface area contributed by atoms with Crippen LogP contribution in [0.3, 0.4) is 0 Å². The highest BCUT2D eigenvalue weighted by Gasteiger charge is 2.18. The maximum atomic E-state index is 11.4. The molecule has 0 rings (SSSR count). The van der Waals surface area contributed by atoms with Gasteiger partial charge in [-0.1, -0.05) is 70.4 Å². The van der Waals surface area contributed by atoms with Crippen LogP contribution in [0.2, 0.25) is 0 Å². The van der Waals surface area contributed by atoms with Gasteiger partial charge in [-0.25, -0.2) is 0 Å². The SMILES string of the molecule is CCCCCCCC(C=CCCCCCCCC(=O)O)S(=O)(=O)O. The van der Waals surface area contributed by atoms with Crippen LogP contribution in [0.5, 0.6) is 0 Å². The summed E-state index contributed by atoms with van der Waals surface area (Å²) >= 11 is 0. The molecule has 5 nitrogen and oxygen atoms in total. The van der Waals surface area contributed by atoms with E-state index in [4.69, 9.17) is 5.11 Å². The lowest BCUT2D eigenvalue weighted by molar-refractivity contribution is -0.137. The van der Waals surface area contributed by atoms with Gasteiger partial charge >= 0.3 is 5.97 Å². The Balaban J connectivity index is 3.87. The van der Waals surface area contributed by atoms with Crippen LogP contribution >= 0.6 is 0 Å². The number of unbranched alkanes of at least 4 members (excludes halogenated alkanes) is 9. The smallest absolute Gasteiger partial charge is 0.303 e. The second kappa shape index (κ2) is 14.5. The molecule has 0 saturated carbocycles. The molecule has 6 heteroatoms. The lowest BCUT2D eigenvalue weighted by atomic mass is 10.1. The van der Waals surface area contributed by atoms with Crippen LogP contribution in [0.15, 0.2) is 12.2 Å². The van der Waals surface area contributed by atoms with E-state index in [0.717, 1.165) is 57.8 Å². The molecule has 0 aromatic heterocycles. The molecule has 0 saturated heterocycles. The van der Waals surface area contributed by atoms with Crippen LogP contribution in [0, 0.1) is 0 Å². The van der Waals surface area contributed by atoms with Crippen LogP contribution in [-0.4, -0.2) is 29.3 Å². The molecular formula is C18H34O5S. The zero-order valence-electron chi connectivity index (χ0n) is 15.0. The molecule has 0 aliphatic heterocycles. The number of carbonyl (C=O) groups is 1. The molecule has 0 aromatic rings. The molecular weight excluding hydrogens is 328 g/mol. The molecule has 2 N–H and O–H groups in total. The zero-order chi connectivity index (χ0) is 18.3. The summed E-state index contributed by atoms with van der Waals surface area (Å²) in [5.74, 6) is -0.746. The molecule has 0 radical (unpaired) electrons. The molecule has 0 aromatic carbocycles. The minimum Gasteiger partial charge on any atom is -0.481 e. The van der Waals surface area contributed by atoms with Gasteiger partial charge < -0.3 is 5.11 Å². The van der Waals surface area contributed by atoms with Crippen molar-refractivity contribution >= 4 is 16.1 Å². The van der Waals surface area contributed by atoms with Crippen molar-refractivity contribution in [3.63, 3.8) is 0 Å². The van der Waals surface area contributed by atoms with E-state index in [1.165, 1.54) is 6.42 Å². The first kappa shape index (κ1) is 23.1. The topological polar surface area (TPSA) is 91.7 Å². The van der Waals surface area contributed by atoms with Gasteiger partial charge in [0.25, 0.3) is 10.1 Å². The van der Waals surface area contributed by atoms with Gasteiger partial charge in [-0.3, -0.25) is 9.35 Å². The van der Waals surface area contributed by atoms with Gasteiger partial charge in [-0.05, 0) is 25.7 Å². The summed E-state index contributed by atoms with van der Waals surface area (Å²) in [4.78, 5) is 10.4. The molecule has 0 fully saturated rings. The fraction of sp³-hybridized carbons (Fsp3) is 0.833. The average molecular weight is 363 g/mol. The lowest BCUT2D eigenvalue weighted by Crippen LogP contribution is -2.17. The lowest BCUT2D eigenvalue weighted by Gasteiger charge is -2.09. The molecule has 0 aliphatic carbocycles. The number of rotatable bonds is 16. The Kier molecular flexibility index (Phi) is 13.9. The van der Waals surface area contributed by atoms with Crippen LogP contribution in [0.25, 0.3) is 0 Å². The molecule has 1 unspecified atom stereocenters.